The lowest BCUT2D eigenvalue weighted by Crippen LogP contribution is -2.08. The fraction of sp³-hybridized carbons (Fsp3) is 0.0741. The van der Waals surface area contributed by atoms with Crippen LogP contribution in [0.1, 0.15) is 27.7 Å². The number of esters is 2. The minimum Gasteiger partial charge on any atom is -0.490 e. The topological polar surface area (TPSA) is 117 Å². The molecule has 202 valence electrons. The van der Waals surface area contributed by atoms with Crippen LogP contribution in [0.5, 0.6) is 11.5 Å². The normalized spacial score (nSPS) is 13.8. The largest absolute Gasteiger partial charge is 0.490 e. The molecule has 1 aliphatic rings. The second kappa shape index (κ2) is 11.3. The molecule has 0 saturated carbocycles. The second-order valence-electron chi connectivity index (χ2n) is 8.17. The first-order valence-electron chi connectivity index (χ1n) is 11.5. The third-order valence-corrected chi connectivity index (χ3v) is 7.75. The third kappa shape index (κ3) is 5.52. The van der Waals surface area contributed by atoms with E-state index in [1.807, 2.05) is 0 Å². The van der Waals surface area contributed by atoms with Gasteiger partial charge in [-0.3, -0.25) is 10.1 Å². The van der Waals surface area contributed by atoms with Gasteiger partial charge < -0.3 is 14.2 Å². The number of nitrogens with zero attached hydrogens (tertiary/aromatic N) is 2. The Balaban J connectivity index is 1.42. The highest BCUT2D eigenvalue weighted by Gasteiger charge is 2.26. The standard InChI is InChI=1S/C27H15Cl3N2O7S/c1-2-37-21-10-13(9-19-26(33)39-25(31-19)16-6-4-14(28)11-18(16)29)3-8-20(21)38-27(34)24-23(30)17-7-5-15(32(35)36)12-22(17)40-24/h3-12H,2H2,1H3/b19-9+. The summed E-state index contributed by atoms with van der Waals surface area (Å²) in [6.45, 7) is 2.02. The van der Waals surface area contributed by atoms with E-state index in [9.17, 15) is 19.7 Å². The third-order valence-electron chi connectivity index (χ3n) is 5.56. The summed E-state index contributed by atoms with van der Waals surface area (Å²) in [4.78, 5) is 40.4. The molecule has 0 N–H and O–H groups in total. The molecular weight excluding hydrogens is 603 g/mol. The SMILES string of the molecule is CCOc1cc(/C=C2/N=C(c3ccc(Cl)cc3Cl)OC2=O)ccc1OC(=O)c1sc2cc([N+](=O)[O-])ccc2c1Cl. The van der Waals surface area contributed by atoms with Gasteiger partial charge in [0.05, 0.1) is 27.1 Å². The zero-order valence-corrected chi connectivity index (χ0v) is 23.4. The van der Waals surface area contributed by atoms with E-state index in [0.29, 0.717) is 26.2 Å². The molecule has 0 saturated heterocycles. The smallest absolute Gasteiger partial charge is 0.363 e. The van der Waals surface area contributed by atoms with Crippen LogP contribution in [0, 0.1) is 10.1 Å². The number of fused-ring (bicyclic) bond motifs is 1. The molecule has 1 aliphatic heterocycles. The summed E-state index contributed by atoms with van der Waals surface area (Å²) in [5.41, 5.74) is 0.844. The van der Waals surface area contributed by atoms with Crippen LogP contribution in [0.2, 0.25) is 15.1 Å². The number of cyclic esters (lactones) is 1. The Morgan fingerprint density at radius 1 is 1.10 bits per heavy atom. The number of halogens is 3. The summed E-state index contributed by atoms with van der Waals surface area (Å²) >= 11 is 19.5. The van der Waals surface area contributed by atoms with E-state index >= 15 is 0 Å². The zero-order valence-electron chi connectivity index (χ0n) is 20.3. The number of ether oxygens (including phenoxy) is 3. The van der Waals surface area contributed by atoms with Crippen LogP contribution in [-0.2, 0) is 9.53 Å². The first-order chi connectivity index (χ1) is 19.1. The molecule has 3 aromatic carbocycles. The minimum atomic E-state index is -0.755. The molecule has 0 radical (unpaired) electrons. The molecule has 0 amide bonds. The van der Waals surface area contributed by atoms with Crippen molar-refractivity contribution in [3.63, 3.8) is 0 Å². The lowest BCUT2D eigenvalue weighted by atomic mass is 10.1. The maximum absolute atomic E-state index is 13.0. The fourth-order valence-electron chi connectivity index (χ4n) is 3.76. The van der Waals surface area contributed by atoms with Crippen LogP contribution in [-0.4, -0.2) is 29.4 Å². The quantitative estimate of drug-likeness (QED) is 0.0684. The molecule has 0 aliphatic carbocycles. The van der Waals surface area contributed by atoms with E-state index in [1.54, 1.807) is 31.2 Å². The summed E-state index contributed by atoms with van der Waals surface area (Å²) in [6.07, 6.45) is 1.49. The number of nitro benzene ring substituents is 1. The van der Waals surface area contributed by atoms with Gasteiger partial charge in [0.25, 0.3) is 5.69 Å². The van der Waals surface area contributed by atoms with Gasteiger partial charge in [0.15, 0.2) is 17.2 Å². The van der Waals surface area contributed by atoms with Crippen molar-refractivity contribution in [1.29, 1.82) is 0 Å². The Morgan fingerprint density at radius 3 is 2.62 bits per heavy atom. The maximum atomic E-state index is 13.0. The van der Waals surface area contributed by atoms with Crippen molar-refractivity contribution < 1.29 is 28.7 Å². The Labute approximate surface area is 245 Å². The van der Waals surface area contributed by atoms with Crippen molar-refractivity contribution in [2.75, 3.05) is 6.61 Å². The molecule has 9 nitrogen and oxygen atoms in total. The maximum Gasteiger partial charge on any atom is 0.363 e. The van der Waals surface area contributed by atoms with Crippen molar-refractivity contribution in [3.8, 4) is 11.5 Å². The van der Waals surface area contributed by atoms with Crippen molar-refractivity contribution in [2.24, 2.45) is 4.99 Å². The molecule has 0 spiro atoms. The number of carbonyl (C=O) groups is 2. The molecule has 0 fully saturated rings. The van der Waals surface area contributed by atoms with Crippen LogP contribution < -0.4 is 9.47 Å². The summed E-state index contributed by atoms with van der Waals surface area (Å²) in [5.74, 6) is -1.04. The molecule has 40 heavy (non-hydrogen) atoms. The lowest BCUT2D eigenvalue weighted by molar-refractivity contribution is -0.384. The number of thiophene rings is 1. The summed E-state index contributed by atoms with van der Waals surface area (Å²) in [5, 5.41) is 12.4. The highest BCUT2D eigenvalue weighted by molar-refractivity contribution is 7.21. The lowest BCUT2D eigenvalue weighted by Gasteiger charge is -2.11. The van der Waals surface area contributed by atoms with Crippen molar-refractivity contribution in [2.45, 2.75) is 6.92 Å². The predicted octanol–water partition coefficient (Wildman–Crippen LogP) is 7.73. The number of benzene rings is 3. The number of aliphatic imine (C=N–C) groups is 1. The molecule has 0 unspecified atom stereocenters. The van der Waals surface area contributed by atoms with Crippen molar-refractivity contribution in [3.05, 3.63) is 101 Å². The van der Waals surface area contributed by atoms with Gasteiger partial charge in [-0.2, -0.15) is 0 Å². The van der Waals surface area contributed by atoms with Gasteiger partial charge in [-0.1, -0.05) is 40.9 Å². The highest BCUT2D eigenvalue weighted by Crippen LogP contribution is 2.39. The first kappa shape index (κ1) is 27.6. The average Bonchev–Trinajstić information content (AvgIpc) is 3.44. The first-order valence-corrected chi connectivity index (χ1v) is 13.4. The van der Waals surface area contributed by atoms with Gasteiger partial charge in [-0.15, -0.1) is 11.3 Å². The van der Waals surface area contributed by atoms with E-state index in [2.05, 4.69) is 4.99 Å². The summed E-state index contributed by atoms with van der Waals surface area (Å²) in [6, 6.07) is 13.5. The van der Waals surface area contributed by atoms with Gasteiger partial charge in [-0.25, -0.2) is 14.6 Å². The van der Waals surface area contributed by atoms with E-state index < -0.39 is 16.9 Å². The van der Waals surface area contributed by atoms with Crippen LogP contribution >= 0.6 is 46.1 Å². The van der Waals surface area contributed by atoms with Crippen LogP contribution in [0.3, 0.4) is 0 Å². The summed E-state index contributed by atoms with van der Waals surface area (Å²) < 4.78 is 17.0. The molecular formula is C27H15Cl3N2O7S. The van der Waals surface area contributed by atoms with Gasteiger partial charge in [0, 0.05) is 27.2 Å². The van der Waals surface area contributed by atoms with Crippen molar-refractivity contribution >= 4 is 85.8 Å². The average molecular weight is 618 g/mol. The van der Waals surface area contributed by atoms with Gasteiger partial charge in [0.2, 0.25) is 5.90 Å². The van der Waals surface area contributed by atoms with Crippen LogP contribution in [0.25, 0.3) is 16.2 Å². The van der Waals surface area contributed by atoms with Crippen LogP contribution in [0.4, 0.5) is 5.69 Å². The molecule has 0 bridgehead atoms. The molecule has 2 heterocycles. The fourth-order valence-corrected chi connectivity index (χ4v) is 5.66. The summed E-state index contributed by atoms with van der Waals surface area (Å²) in [7, 11) is 0. The zero-order chi connectivity index (χ0) is 28.6. The Morgan fingerprint density at radius 2 is 1.90 bits per heavy atom. The number of rotatable bonds is 7. The van der Waals surface area contributed by atoms with E-state index in [4.69, 9.17) is 49.0 Å². The van der Waals surface area contributed by atoms with E-state index in [0.717, 1.165) is 11.3 Å². The van der Waals surface area contributed by atoms with Gasteiger partial charge in [0.1, 0.15) is 4.88 Å². The number of carbonyl (C=O) groups excluding carboxylic acids is 2. The molecule has 4 aromatic rings. The number of hydrogen-bond donors (Lipinski definition) is 0. The van der Waals surface area contributed by atoms with Gasteiger partial charge in [-0.05, 0) is 55.0 Å². The number of non-ortho nitro benzene ring substituents is 1. The van der Waals surface area contributed by atoms with Crippen molar-refractivity contribution in [1.82, 2.24) is 0 Å². The Bertz CT molecular complexity index is 1780. The minimum absolute atomic E-state index is 0.0272. The molecule has 5 rings (SSSR count). The highest BCUT2D eigenvalue weighted by atomic mass is 35.5. The van der Waals surface area contributed by atoms with Gasteiger partial charge >= 0.3 is 11.9 Å². The second-order valence-corrected chi connectivity index (χ2v) is 10.4. The Kier molecular flexibility index (Phi) is 7.77. The van der Waals surface area contributed by atoms with E-state index in [-0.39, 0.29) is 50.3 Å². The van der Waals surface area contributed by atoms with Crippen LogP contribution in [0.15, 0.2) is 65.3 Å². The Hall–Kier alpha value is -3.96. The molecule has 13 heteroatoms. The number of hydrogen-bond acceptors (Lipinski definition) is 9. The van der Waals surface area contributed by atoms with E-state index in [1.165, 1.54) is 36.4 Å². The molecule has 1 aromatic heterocycles. The number of nitro groups is 1. The molecule has 0 atom stereocenters. The monoisotopic (exact) mass is 616 g/mol. The predicted molar refractivity (Wildman–Crippen MR) is 153 cm³/mol.